The molecule has 0 amide bonds. The highest BCUT2D eigenvalue weighted by Crippen LogP contribution is 2.26. The number of nitriles is 1. The lowest BCUT2D eigenvalue weighted by Gasteiger charge is -2.21. The minimum absolute atomic E-state index is 0.0215. The summed E-state index contributed by atoms with van der Waals surface area (Å²) in [4.78, 5) is 25.8. The van der Waals surface area contributed by atoms with Crippen LogP contribution in [0.4, 0.5) is 16.2 Å². The van der Waals surface area contributed by atoms with Crippen LogP contribution in [0.2, 0.25) is 5.02 Å². The Bertz CT molecular complexity index is 1410. The van der Waals surface area contributed by atoms with Gasteiger partial charge in [-0.2, -0.15) is 10.2 Å². The van der Waals surface area contributed by atoms with Crippen molar-refractivity contribution in [3.05, 3.63) is 81.2 Å². The molecule has 10 heteroatoms. The van der Waals surface area contributed by atoms with Crippen molar-refractivity contribution in [2.24, 2.45) is 0 Å². The molecule has 3 N–H and O–H groups in total. The standard InChI is InChI=1S/C21H15ClFN7O/c1-11(27-18-12(9-24)10-26-21(25)29-18)19-28-15-7-4-5-13(22)17(15)20(31)30(19)16-8-3-2-6-14(16)23/h2-8,10-11H,1H3,(H3,25,26,27,29). The molecule has 0 aliphatic heterocycles. The van der Waals surface area contributed by atoms with Gasteiger partial charge >= 0.3 is 0 Å². The summed E-state index contributed by atoms with van der Waals surface area (Å²) in [6, 6.07) is 12.1. The molecule has 1 unspecified atom stereocenters. The number of nitrogens with two attached hydrogens (primary N) is 1. The molecule has 154 valence electrons. The molecule has 2 aromatic heterocycles. The molecule has 0 spiro atoms. The smallest absolute Gasteiger partial charge is 0.267 e. The zero-order chi connectivity index (χ0) is 22.1. The molecule has 4 rings (SSSR count). The van der Waals surface area contributed by atoms with E-state index < -0.39 is 17.4 Å². The van der Waals surface area contributed by atoms with Crippen LogP contribution < -0.4 is 16.6 Å². The van der Waals surface area contributed by atoms with Crippen molar-refractivity contribution in [1.82, 2.24) is 19.5 Å². The molecular weight excluding hydrogens is 421 g/mol. The number of fused-ring (bicyclic) bond motifs is 1. The maximum atomic E-state index is 14.7. The molecule has 2 aromatic carbocycles. The summed E-state index contributed by atoms with van der Waals surface area (Å²) in [5, 5.41) is 12.7. The number of para-hydroxylation sites is 1. The van der Waals surface area contributed by atoms with Crippen LogP contribution >= 0.6 is 11.6 Å². The fraction of sp³-hybridized carbons (Fsp3) is 0.0952. The summed E-state index contributed by atoms with van der Waals surface area (Å²) in [7, 11) is 0. The Labute approximate surface area is 180 Å². The lowest BCUT2D eigenvalue weighted by molar-refractivity contribution is 0.607. The number of nitrogen functional groups attached to an aromatic ring is 1. The maximum Gasteiger partial charge on any atom is 0.267 e. The van der Waals surface area contributed by atoms with E-state index in [1.807, 2.05) is 6.07 Å². The van der Waals surface area contributed by atoms with Crippen LogP contribution in [0.25, 0.3) is 16.6 Å². The van der Waals surface area contributed by atoms with Crippen molar-refractivity contribution in [2.75, 3.05) is 11.1 Å². The molecular formula is C21H15ClFN7O. The molecule has 0 aliphatic carbocycles. The Balaban J connectivity index is 1.96. The van der Waals surface area contributed by atoms with Crippen molar-refractivity contribution in [3.63, 3.8) is 0 Å². The summed E-state index contributed by atoms with van der Waals surface area (Å²) in [5.41, 5.74) is 5.66. The summed E-state index contributed by atoms with van der Waals surface area (Å²) < 4.78 is 15.8. The highest BCUT2D eigenvalue weighted by Gasteiger charge is 2.22. The summed E-state index contributed by atoms with van der Waals surface area (Å²) in [6.07, 6.45) is 1.29. The molecule has 0 fully saturated rings. The number of aromatic nitrogens is 4. The monoisotopic (exact) mass is 435 g/mol. The number of halogens is 2. The zero-order valence-corrected chi connectivity index (χ0v) is 16.9. The lowest BCUT2D eigenvalue weighted by atomic mass is 10.2. The van der Waals surface area contributed by atoms with E-state index in [4.69, 9.17) is 17.3 Å². The van der Waals surface area contributed by atoms with Gasteiger partial charge in [-0.15, -0.1) is 0 Å². The van der Waals surface area contributed by atoms with Gasteiger partial charge in [-0.05, 0) is 31.2 Å². The topological polar surface area (TPSA) is 123 Å². The van der Waals surface area contributed by atoms with Gasteiger partial charge in [-0.1, -0.05) is 29.8 Å². The molecule has 2 heterocycles. The van der Waals surface area contributed by atoms with E-state index in [1.165, 1.54) is 24.4 Å². The van der Waals surface area contributed by atoms with Crippen LogP contribution in [0.1, 0.15) is 24.4 Å². The number of benzene rings is 2. The predicted octanol–water partition coefficient (Wildman–Crippen LogP) is 3.60. The van der Waals surface area contributed by atoms with Gasteiger partial charge < -0.3 is 11.1 Å². The van der Waals surface area contributed by atoms with E-state index >= 15 is 0 Å². The third-order valence-electron chi connectivity index (χ3n) is 4.63. The first-order valence-corrected chi connectivity index (χ1v) is 9.53. The quantitative estimate of drug-likeness (QED) is 0.502. The second kappa shape index (κ2) is 8.01. The maximum absolute atomic E-state index is 14.7. The number of anilines is 2. The van der Waals surface area contributed by atoms with Crippen molar-refractivity contribution < 1.29 is 4.39 Å². The molecule has 0 radical (unpaired) electrons. The molecule has 0 bridgehead atoms. The Morgan fingerprint density at radius 1 is 1.23 bits per heavy atom. The van der Waals surface area contributed by atoms with E-state index in [0.717, 1.165) is 4.57 Å². The van der Waals surface area contributed by atoms with Crippen LogP contribution in [0, 0.1) is 17.1 Å². The van der Waals surface area contributed by atoms with Gasteiger partial charge in [0, 0.05) is 0 Å². The average molecular weight is 436 g/mol. The van der Waals surface area contributed by atoms with E-state index in [2.05, 4.69) is 20.3 Å². The lowest BCUT2D eigenvalue weighted by Crippen LogP contribution is -2.28. The van der Waals surface area contributed by atoms with Crippen molar-refractivity contribution in [1.29, 1.82) is 5.26 Å². The van der Waals surface area contributed by atoms with Crippen molar-refractivity contribution in [3.8, 4) is 11.8 Å². The fourth-order valence-corrected chi connectivity index (χ4v) is 3.47. The number of nitrogens with one attached hydrogen (secondary N) is 1. The molecule has 0 saturated carbocycles. The van der Waals surface area contributed by atoms with E-state index in [9.17, 15) is 14.4 Å². The molecule has 0 saturated heterocycles. The van der Waals surface area contributed by atoms with Crippen molar-refractivity contribution in [2.45, 2.75) is 13.0 Å². The van der Waals surface area contributed by atoms with Crippen LogP contribution in [0.15, 0.2) is 53.5 Å². The van der Waals surface area contributed by atoms with Gasteiger partial charge in [0.1, 0.15) is 29.1 Å². The van der Waals surface area contributed by atoms with Crippen LogP contribution in [0.5, 0.6) is 0 Å². The number of rotatable bonds is 4. The number of nitrogens with zero attached hydrogens (tertiary/aromatic N) is 5. The van der Waals surface area contributed by atoms with Gasteiger partial charge in [-0.3, -0.25) is 9.36 Å². The van der Waals surface area contributed by atoms with Gasteiger partial charge in [0.05, 0.1) is 33.9 Å². The van der Waals surface area contributed by atoms with Gasteiger partial charge in [-0.25, -0.2) is 14.4 Å². The van der Waals surface area contributed by atoms with E-state index in [0.29, 0.717) is 5.52 Å². The molecule has 31 heavy (non-hydrogen) atoms. The second-order valence-corrected chi connectivity index (χ2v) is 7.07. The van der Waals surface area contributed by atoms with Crippen molar-refractivity contribution >= 4 is 34.3 Å². The Morgan fingerprint density at radius 2 is 2.00 bits per heavy atom. The highest BCUT2D eigenvalue weighted by atomic mass is 35.5. The third kappa shape index (κ3) is 3.65. The van der Waals surface area contributed by atoms with Crippen LogP contribution in [-0.2, 0) is 0 Å². The van der Waals surface area contributed by atoms with Crippen LogP contribution in [-0.4, -0.2) is 19.5 Å². The van der Waals surface area contributed by atoms with E-state index in [1.54, 1.807) is 31.2 Å². The number of hydrogen-bond acceptors (Lipinski definition) is 7. The normalized spacial score (nSPS) is 11.8. The Hall–Kier alpha value is -4.03. The first-order chi connectivity index (χ1) is 14.9. The molecule has 0 aliphatic rings. The third-order valence-corrected chi connectivity index (χ3v) is 4.95. The predicted molar refractivity (Wildman–Crippen MR) is 116 cm³/mol. The van der Waals surface area contributed by atoms with Gasteiger partial charge in [0.25, 0.3) is 5.56 Å². The summed E-state index contributed by atoms with van der Waals surface area (Å²) in [5.74, 6) is -0.261. The second-order valence-electron chi connectivity index (χ2n) is 6.66. The van der Waals surface area contributed by atoms with Gasteiger partial charge in [0.15, 0.2) is 0 Å². The fourth-order valence-electron chi connectivity index (χ4n) is 3.22. The van der Waals surface area contributed by atoms with Crippen LogP contribution in [0.3, 0.4) is 0 Å². The summed E-state index contributed by atoms with van der Waals surface area (Å²) in [6.45, 7) is 1.70. The largest absolute Gasteiger partial charge is 0.368 e. The first-order valence-electron chi connectivity index (χ1n) is 9.16. The molecule has 4 aromatic rings. The van der Waals surface area contributed by atoms with E-state index in [-0.39, 0.29) is 39.3 Å². The average Bonchev–Trinajstić information content (AvgIpc) is 2.74. The first kappa shape index (κ1) is 20.3. The minimum atomic E-state index is -0.669. The highest BCUT2D eigenvalue weighted by molar-refractivity contribution is 6.35. The Morgan fingerprint density at radius 3 is 2.74 bits per heavy atom. The molecule has 1 atom stereocenters. The SMILES string of the molecule is CC(Nc1nc(N)ncc1C#N)c1nc2cccc(Cl)c2c(=O)n1-c1ccccc1F. The zero-order valence-electron chi connectivity index (χ0n) is 16.2. The Kier molecular flexibility index (Phi) is 5.23. The molecule has 8 nitrogen and oxygen atoms in total. The summed E-state index contributed by atoms with van der Waals surface area (Å²) >= 11 is 6.25. The van der Waals surface area contributed by atoms with Gasteiger partial charge in [0.2, 0.25) is 5.95 Å². The number of hydrogen-bond donors (Lipinski definition) is 2. The minimum Gasteiger partial charge on any atom is -0.368 e.